The van der Waals surface area contributed by atoms with E-state index in [0.717, 1.165) is 27.4 Å². The minimum atomic E-state index is 0.711. The third-order valence-corrected chi connectivity index (χ3v) is 6.78. The van der Waals surface area contributed by atoms with Gasteiger partial charge in [0, 0.05) is 16.3 Å². The lowest BCUT2D eigenvalue weighted by Gasteiger charge is -2.18. The summed E-state index contributed by atoms with van der Waals surface area (Å²) in [6.45, 7) is 0. The number of nitrogens with zero attached hydrogens (tertiary/aromatic N) is 2. The summed E-state index contributed by atoms with van der Waals surface area (Å²) in [7, 11) is 5.89. The van der Waals surface area contributed by atoms with Crippen molar-refractivity contribution in [3.05, 3.63) is 115 Å². The van der Waals surface area contributed by atoms with Gasteiger partial charge in [0.1, 0.15) is 7.85 Å². The molecule has 0 unspecified atom stereocenters. The van der Waals surface area contributed by atoms with Crippen molar-refractivity contribution >= 4 is 45.9 Å². The van der Waals surface area contributed by atoms with Crippen LogP contribution in [0, 0.1) is 0 Å². The molecule has 0 aliphatic heterocycles. The highest BCUT2D eigenvalue weighted by Gasteiger charge is 2.18. The molecule has 0 aliphatic rings. The van der Waals surface area contributed by atoms with E-state index in [9.17, 15) is 0 Å². The molecule has 7 aromatic rings. The van der Waals surface area contributed by atoms with Crippen LogP contribution in [0.1, 0.15) is 0 Å². The highest BCUT2D eigenvalue weighted by Crippen LogP contribution is 2.43. The van der Waals surface area contributed by atoms with Crippen molar-refractivity contribution in [1.82, 2.24) is 9.97 Å². The second-order valence-electron chi connectivity index (χ2n) is 8.89. The van der Waals surface area contributed by atoms with Gasteiger partial charge in [0.25, 0.3) is 0 Å². The Morgan fingerprint density at radius 1 is 0.457 bits per heavy atom. The Labute approximate surface area is 204 Å². The van der Waals surface area contributed by atoms with Gasteiger partial charge in [0.2, 0.25) is 0 Å². The fourth-order valence-electron chi connectivity index (χ4n) is 5.12. The Morgan fingerprint density at radius 2 is 0.971 bits per heavy atom. The molecule has 0 spiro atoms. The largest absolute Gasteiger partial charge is 0.228 e. The van der Waals surface area contributed by atoms with Gasteiger partial charge >= 0.3 is 0 Å². The van der Waals surface area contributed by atoms with Crippen LogP contribution in [0.15, 0.2) is 115 Å². The summed E-state index contributed by atoms with van der Waals surface area (Å²) in [4.78, 5) is 9.96. The maximum Gasteiger partial charge on any atom is 0.160 e. The van der Waals surface area contributed by atoms with Crippen molar-refractivity contribution in [2.75, 3.05) is 0 Å². The lowest BCUT2D eigenvalue weighted by Crippen LogP contribution is -2.01. The smallest absolute Gasteiger partial charge is 0.160 e. The Balaban J connectivity index is 1.60. The summed E-state index contributed by atoms with van der Waals surface area (Å²) < 4.78 is 0. The third-order valence-electron chi connectivity index (χ3n) is 6.78. The van der Waals surface area contributed by atoms with Crippen LogP contribution >= 0.6 is 0 Å². The van der Waals surface area contributed by atoms with Crippen molar-refractivity contribution in [3.63, 3.8) is 0 Å². The lowest BCUT2D eigenvalue weighted by atomic mass is 9.87. The molecule has 7 rings (SSSR count). The van der Waals surface area contributed by atoms with Crippen LogP contribution < -0.4 is 5.46 Å². The average Bonchev–Trinajstić information content (AvgIpc) is 2.92. The molecule has 0 bridgehead atoms. The second-order valence-corrected chi connectivity index (χ2v) is 8.89. The first-order valence-corrected chi connectivity index (χ1v) is 11.7. The van der Waals surface area contributed by atoms with E-state index in [1.807, 2.05) is 24.3 Å². The topological polar surface area (TPSA) is 25.8 Å². The van der Waals surface area contributed by atoms with Gasteiger partial charge in [0.05, 0.1) is 11.0 Å². The van der Waals surface area contributed by atoms with Crippen molar-refractivity contribution < 1.29 is 0 Å². The van der Waals surface area contributed by atoms with Gasteiger partial charge < -0.3 is 0 Å². The first kappa shape index (κ1) is 19.9. The fourth-order valence-corrected chi connectivity index (χ4v) is 5.12. The second kappa shape index (κ2) is 7.78. The van der Waals surface area contributed by atoms with E-state index in [1.165, 1.54) is 38.4 Å². The summed E-state index contributed by atoms with van der Waals surface area (Å²) in [5, 5.41) is 4.75. The highest BCUT2D eigenvalue weighted by molar-refractivity contribution is 6.32. The van der Waals surface area contributed by atoms with Gasteiger partial charge in [-0.05, 0) is 51.2 Å². The molecule has 0 fully saturated rings. The standard InChI is InChI=1S/C32H19BN2/c33-23-13-11-22(12-14-23)32-34-28-17-15-24-26(20-7-3-1-4-8-20)19-27(21-9-5-2-6-10-21)25-16-18-29(35-32)31(28)30(24)25/h1-19H. The number of benzene rings is 6. The first-order chi connectivity index (χ1) is 17.3. The molecule has 0 amide bonds. The molecular formula is C32H19BN2. The van der Waals surface area contributed by atoms with Crippen LogP contribution in [0.25, 0.3) is 66.2 Å². The van der Waals surface area contributed by atoms with Crippen molar-refractivity contribution in [2.45, 2.75) is 0 Å². The summed E-state index contributed by atoms with van der Waals surface area (Å²) in [5.74, 6) is 0.711. The summed E-state index contributed by atoms with van der Waals surface area (Å²) >= 11 is 0. The molecule has 35 heavy (non-hydrogen) atoms. The van der Waals surface area contributed by atoms with E-state index in [2.05, 4.69) is 91.0 Å². The SMILES string of the molecule is [B]c1ccc(-c2nc3ccc4c(-c5ccccc5)cc(-c5ccccc5)c5ccc(n2)c3c45)cc1. The van der Waals surface area contributed by atoms with E-state index in [4.69, 9.17) is 17.8 Å². The monoisotopic (exact) mass is 442 g/mol. The Hall–Kier alpha value is -4.50. The molecule has 2 nitrogen and oxygen atoms in total. The molecular weight excluding hydrogens is 423 g/mol. The molecule has 160 valence electrons. The quantitative estimate of drug-likeness (QED) is 0.214. The van der Waals surface area contributed by atoms with E-state index in [-0.39, 0.29) is 0 Å². The minimum absolute atomic E-state index is 0.711. The molecule has 3 heteroatoms. The van der Waals surface area contributed by atoms with Crippen LogP contribution in [0.2, 0.25) is 0 Å². The molecule has 0 aliphatic carbocycles. The predicted molar refractivity (Wildman–Crippen MR) is 147 cm³/mol. The van der Waals surface area contributed by atoms with Gasteiger partial charge in [-0.2, -0.15) is 0 Å². The zero-order valence-electron chi connectivity index (χ0n) is 18.9. The van der Waals surface area contributed by atoms with E-state index < -0.39 is 0 Å². The molecule has 0 N–H and O–H groups in total. The zero-order valence-corrected chi connectivity index (χ0v) is 18.9. The lowest BCUT2D eigenvalue weighted by molar-refractivity contribution is 1.26. The molecule has 1 heterocycles. The third kappa shape index (κ3) is 3.20. The van der Waals surface area contributed by atoms with E-state index >= 15 is 0 Å². The number of hydrogen-bond acceptors (Lipinski definition) is 2. The highest BCUT2D eigenvalue weighted by atomic mass is 14.9. The van der Waals surface area contributed by atoms with Crippen LogP contribution in [-0.4, -0.2) is 17.8 Å². The fraction of sp³-hybridized carbons (Fsp3) is 0. The normalized spacial score (nSPS) is 11.5. The van der Waals surface area contributed by atoms with Crippen molar-refractivity contribution in [3.8, 4) is 33.6 Å². The molecule has 1 aromatic heterocycles. The van der Waals surface area contributed by atoms with Gasteiger partial charge in [-0.25, -0.2) is 9.97 Å². The van der Waals surface area contributed by atoms with Gasteiger partial charge in [-0.1, -0.05) is 103 Å². The number of hydrogen-bond donors (Lipinski definition) is 0. The van der Waals surface area contributed by atoms with Gasteiger partial charge in [0.15, 0.2) is 5.82 Å². The van der Waals surface area contributed by atoms with E-state index in [1.54, 1.807) is 0 Å². The van der Waals surface area contributed by atoms with Crippen LogP contribution in [0.3, 0.4) is 0 Å². The molecule has 6 aromatic carbocycles. The molecule has 2 radical (unpaired) electrons. The molecule has 0 saturated carbocycles. The minimum Gasteiger partial charge on any atom is -0.228 e. The maximum atomic E-state index is 5.89. The molecule has 0 atom stereocenters. The van der Waals surface area contributed by atoms with Gasteiger partial charge in [-0.15, -0.1) is 0 Å². The Morgan fingerprint density at radius 3 is 1.49 bits per heavy atom. The number of rotatable bonds is 3. The van der Waals surface area contributed by atoms with Crippen LogP contribution in [-0.2, 0) is 0 Å². The van der Waals surface area contributed by atoms with Gasteiger partial charge in [-0.3, -0.25) is 0 Å². The van der Waals surface area contributed by atoms with Crippen molar-refractivity contribution in [2.24, 2.45) is 0 Å². The maximum absolute atomic E-state index is 5.89. The van der Waals surface area contributed by atoms with Crippen molar-refractivity contribution in [1.29, 1.82) is 0 Å². The Kier molecular flexibility index (Phi) is 4.43. The van der Waals surface area contributed by atoms with Crippen LogP contribution in [0.4, 0.5) is 0 Å². The summed E-state index contributed by atoms with van der Waals surface area (Å²) in [6, 6.07) is 39.9. The van der Waals surface area contributed by atoms with E-state index in [0.29, 0.717) is 5.82 Å². The van der Waals surface area contributed by atoms with Crippen LogP contribution in [0.5, 0.6) is 0 Å². The Bertz CT molecular complexity index is 1720. The predicted octanol–water partition coefficient (Wildman–Crippen LogP) is 7.17. The number of aromatic nitrogens is 2. The summed E-state index contributed by atoms with van der Waals surface area (Å²) in [5.41, 5.74) is 8.42. The summed E-state index contributed by atoms with van der Waals surface area (Å²) in [6.07, 6.45) is 0. The zero-order chi connectivity index (χ0) is 23.4. The average molecular weight is 442 g/mol. The molecule has 0 saturated heterocycles. The first-order valence-electron chi connectivity index (χ1n) is 11.7.